The second-order valence-corrected chi connectivity index (χ2v) is 7.69. The second kappa shape index (κ2) is 9.02. The van der Waals surface area contributed by atoms with E-state index in [1.807, 2.05) is 54.0 Å². The first-order chi connectivity index (χ1) is 13.5. The van der Waals surface area contributed by atoms with E-state index >= 15 is 0 Å². The summed E-state index contributed by atoms with van der Waals surface area (Å²) < 4.78 is 0. The fourth-order valence-corrected chi connectivity index (χ4v) is 3.41. The molecule has 0 bridgehead atoms. The molecule has 0 aliphatic carbocycles. The number of carbonyl (C=O) groups excluding carboxylic acids is 2. The first kappa shape index (κ1) is 20.1. The Hall–Kier alpha value is -2.66. The van der Waals surface area contributed by atoms with Crippen molar-refractivity contribution in [3.05, 3.63) is 71.3 Å². The molecule has 148 valence electrons. The van der Waals surface area contributed by atoms with Gasteiger partial charge in [-0.15, -0.1) is 0 Å². The van der Waals surface area contributed by atoms with E-state index in [2.05, 4.69) is 11.9 Å². The number of rotatable bonds is 5. The number of nitrogens with zero attached hydrogens (tertiary/aromatic N) is 3. The van der Waals surface area contributed by atoms with Crippen molar-refractivity contribution in [3.8, 4) is 0 Å². The molecule has 5 heteroatoms. The van der Waals surface area contributed by atoms with Crippen LogP contribution in [0.4, 0.5) is 0 Å². The van der Waals surface area contributed by atoms with Crippen LogP contribution in [0.5, 0.6) is 0 Å². The van der Waals surface area contributed by atoms with Gasteiger partial charge in [0.05, 0.1) is 0 Å². The minimum Gasteiger partial charge on any atom is -0.336 e. The summed E-state index contributed by atoms with van der Waals surface area (Å²) in [6.45, 7) is 7.78. The molecule has 2 aromatic carbocycles. The minimum absolute atomic E-state index is 0.00177. The third-order valence-corrected chi connectivity index (χ3v) is 5.23. The van der Waals surface area contributed by atoms with Gasteiger partial charge in [0, 0.05) is 49.9 Å². The van der Waals surface area contributed by atoms with Crippen molar-refractivity contribution in [3.63, 3.8) is 0 Å². The number of amides is 2. The molecular weight excluding hydrogens is 350 g/mol. The summed E-state index contributed by atoms with van der Waals surface area (Å²) >= 11 is 0. The topological polar surface area (TPSA) is 43.9 Å². The summed E-state index contributed by atoms with van der Waals surface area (Å²) in [6.07, 6.45) is 0. The van der Waals surface area contributed by atoms with E-state index in [0.29, 0.717) is 17.7 Å². The normalized spacial score (nSPS) is 14.9. The molecule has 0 radical (unpaired) electrons. The molecule has 1 fully saturated rings. The summed E-state index contributed by atoms with van der Waals surface area (Å²) in [5.41, 5.74) is 2.23. The molecule has 2 aromatic rings. The van der Waals surface area contributed by atoms with Crippen LogP contribution in [0.15, 0.2) is 54.6 Å². The van der Waals surface area contributed by atoms with Gasteiger partial charge < -0.3 is 14.7 Å². The third kappa shape index (κ3) is 4.78. The fourth-order valence-electron chi connectivity index (χ4n) is 3.41. The van der Waals surface area contributed by atoms with Crippen LogP contribution in [0.25, 0.3) is 0 Å². The van der Waals surface area contributed by atoms with Gasteiger partial charge in [0.1, 0.15) is 0 Å². The van der Waals surface area contributed by atoms with Gasteiger partial charge in [-0.2, -0.15) is 0 Å². The zero-order valence-electron chi connectivity index (χ0n) is 17.0. The summed E-state index contributed by atoms with van der Waals surface area (Å²) in [6, 6.07) is 17.2. The SMILES string of the molecule is CC(C)N(Cc1ccccc1)C(=O)c1cccc(C(=O)N2CCN(C)CC2)c1. The predicted molar refractivity (Wildman–Crippen MR) is 111 cm³/mol. The van der Waals surface area contributed by atoms with Crippen LogP contribution in [-0.4, -0.2) is 65.8 Å². The van der Waals surface area contributed by atoms with Crippen molar-refractivity contribution in [2.24, 2.45) is 0 Å². The molecule has 0 N–H and O–H groups in total. The van der Waals surface area contributed by atoms with Crippen LogP contribution in [0.2, 0.25) is 0 Å². The lowest BCUT2D eigenvalue weighted by atomic mass is 10.1. The average Bonchev–Trinajstić information content (AvgIpc) is 2.72. The van der Waals surface area contributed by atoms with E-state index in [4.69, 9.17) is 0 Å². The number of hydrogen-bond acceptors (Lipinski definition) is 3. The first-order valence-corrected chi connectivity index (χ1v) is 9.88. The summed E-state index contributed by atoms with van der Waals surface area (Å²) in [5, 5.41) is 0. The van der Waals surface area contributed by atoms with Gasteiger partial charge in [0.2, 0.25) is 0 Å². The summed E-state index contributed by atoms with van der Waals surface area (Å²) in [7, 11) is 2.06. The number of likely N-dealkylation sites (N-methyl/N-ethyl adjacent to an activating group) is 1. The van der Waals surface area contributed by atoms with E-state index in [-0.39, 0.29) is 17.9 Å². The molecule has 1 aliphatic heterocycles. The zero-order valence-corrected chi connectivity index (χ0v) is 17.0. The van der Waals surface area contributed by atoms with Gasteiger partial charge >= 0.3 is 0 Å². The number of carbonyl (C=O) groups is 2. The van der Waals surface area contributed by atoms with Crippen LogP contribution >= 0.6 is 0 Å². The lowest BCUT2D eigenvalue weighted by Crippen LogP contribution is -2.47. The lowest BCUT2D eigenvalue weighted by Gasteiger charge is -2.32. The Kier molecular flexibility index (Phi) is 6.47. The van der Waals surface area contributed by atoms with Gasteiger partial charge in [-0.25, -0.2) is 0 Å². The maximum atomic E-state index is 13.2. The predicted octanol–water partition coefficient (Wildman–Crippen LogP) is 3.13. The van der Waals surface area contributed by atoms with Crippen LogP contribution in [0.3, 0.4) is 0 Å². The van der Waals surface area contributed by atoms with E-state index < -0.39 is 0 Å². The second-order valence-electron chi connectivity index (χ2n) is 7.69. The van der Waals surface area contributed by atoms with Crippen LogP contribution in [0.1, 0.15) is 40.1 Å². The van der Waals surface area contributed by atoms with Crippen molar-refractivity contribution >= 4 is 11.8 Å². The molecule has 1 heterocycles. The molecule has 0 unspecified atom stereocenters. The Morgan fingerprint density at radius 1 is 0.929 bits per heavy atom. The molecule has 5 nitrogen and oxygen atoms in total. The highest BCUT2D eigenvalue weighted by atomic mass is 16.2. The van der Waals surface area contributed by atoms with E-state index in [9.17, 15) is 9.59 Å². The molecule has 1 saturated heterocycles. The standard InChI is InChI=1S/C23H29N3O2/c1-18(2)26(17-19-8-5-4-6-9-19)23(28)21-11-7-10-20(16-21)22(27)25-14-12-24(3)13-15-25/h4-11,16,18H,12-15,17H2,1-3H3. The molecular formula is C23H29N3O2. The number of hydrogen-bond donors (Lipinski definition) is 0. The minimum atomic E-state index is -0.0492. The highest BCUT2D eigenvalue weighted by Crippen LogP contribution is 2.16. The lowest BCUT2D eigenvalue weighted by molar-refractivity contribution is 0.0664. The number of piperazine rings is 1. The molecule has 0 atom stereocenters. The zero-order chi connectivity index (χ0) is 20.1. The summed E-state index contributed by atoms with van der Waals surface area (Å²) in [5.74, 6) is -0.0474. The maximum Gasteiger partial charge on any atom is 0.254 e. The first-order valence-electron chi connectivity index (χ1n) is 9.88. The van der Waals surface area contributed by atoms with Crippen molar-refractivity contribution in [1.82, 2.24) is 14.7 Å². The number of benzene rings is 2. The average molecular weight is 380 g/mol. The smallest absolute Gasteiger partial charge is 0.254 e. The van der Waals surface area contributed by atoms with Crippen molar-refractivity contribution in [1.29, 1.82) is 0 Å². The Balaban J connectivity index is 1.77. The summed E-state index contributed by atoms with van der Waals surface area (Å²) in [4.78, 5) is 32.0. The Morgan fingerprint density at radius 2 is 1.57 bits per heavy atom. The third-order valence-electron chi connectivity index (χ3n) is 5.23. The Bertz CT molecular complexity index is 812. The van der Waals surface area contributed by atoms with Crippen molar-refractivity contribution < 1.29 is 9.59 Å². The molecule has 0 aromatic heterocycles. The molecule has 3 rings (SSSR count). The monoisotopic (exact) mass is 379 g/mol. The van der Waals surface area contributed by atoms with Crippen LogP contribution in [0, 0.1) is 0 Å². The highest BCUT2D eigenvalue weighted by molar-refractivity contribution is 5.99. The van der Waals surface area contributed by atoms with Crippen molar-refractivity contribution in [2.75, 3.05) is 33.2 Å². The van der Waals surface area contributed by atoms with Crippen molar-refractivity contribution in [2.45, 2.75) is 26.4 Å². The van der Waals surface area contributed by atoms with Gasteiger partial charge in [0.15, 0.2) is 0 Å². The Labute approximate surface area is 167 Å². The van der Waals surface area contributed by atoms with Crippen LogP contribution < -0.4 is 0 Å². The maximum absolute atomic E-state index is 13.2. The largest absolute Gasteiger partial charge is 0.336 e. The molecule has 0 saturated carbocycles. The molecule has 1 aliphatic rings. The fraction of sp³-hybridized carbons (Fsp3) is 0.391. The molecule has 2 amide bonds. The van der Waals surface area contributed by atoms with Gasteiger partial charge in [-0.3, -0.25) is 9.59 Å². The van der Waals surface area contributed by atoms with Gasteiger partial charge in [-0.05, 0) is 44.7 Å². The molecule has 28 heavy (non-hydrogen) atoms. The van der Waals surface area contributed by atoms with Gasteiger partial charge in [-0.1, -0.05) is 36.4 Å². The van der Waals surface area contributed by atoms with Gasteiger partial charge in [0.25, 0.3) is 11.8 Å². The van der Waals surface area contributed by atoms with E-state index in [1.165, 1.54) is 0 Å². The van der Waals surface area contributed by atoms with E-state index in [1.54, 1.807) is 24.3 Å². The quantitative estimate of drug-likeness (QED) is 0.802. The van der Waals surface area contributed by atoms with E-state index in [0.717, 1.165) is 31.7 Å². The highest BCUT2D eigenvalue weighted by Gasteiger charge is 2.23. The van der Waals surface area contributed by atoms with Crippen LogP contribution in [-0.2, 0) is 6.54 Å². The molecule has 0 spiro atoms. The Morgan fingerprint density at radius 3 is 2.21 bits per heavy atom.